The summed E-state index contributed by atoms with van der Waals surface area (Å²) in [5.41, 5.74) is 4.30. The van der Waals surface area contributed by atoms with Gasteiger partial charge in [-0.1, -0.05) is 32.0 Å². The summed E-state index contributed by atoms with van der Waals surface area (Å²) >= 11 is 0. The van der Waals surface area contributed by atoms with Gasteiger partial charge in [0, 0.05) is 11.3 Å². The summed E-state index contributed by atoms with van der Waals surface area (Å²) in [7, 11) is 0. The molecule has 0 saturated carbocycles. The van der Waals surface area contributed by atoms with Crippen molar-refractivity contribution >= 4 is 23.2 Å². The van der Waals surface area contributed by atoms with E-state index < -0.39 is 0 Å². The SMILES string of the molecule is Cc1ccc(NC(=O)c2ccccc2NC(=O)c2ccc(OCC(C)C)cc2)cc1C. The van der Waals surface area contributed by atoms with E-state index in [1.54, 1.807) is 48.5 Å². The van der Waals surface area contributed by atoms with Gasteiger partial charge in [-0.25, -0.2) is 0 Å². The largest absolute Gasteiger partial charge is 0.493 e. The number of hydrogen-bond acceptors (Lipinski definition) is 3. The molecule has 31 heavy (non-hydrogen) atoms. The Morgan fingerprint density at radius 1 is 0.839 bits per heavy atom. The van der Waals surface area contributed by atoms with Crippen molar-refractivity contribution in [1.29, 1.82) is 0 Å². The van der Waals surface area contributed by atoms with Crippen molar-refractivity contribution in [3.63, 3.8) is 0 Å². The van der Waals surface area contributed by atoms with Crippen molar-refractivity contribution in [3.8, 4) is 5.75 Å². The van der Waals surface area contributed by atoms with E-state index >= 15 is 0 Å². The van der Waals surface area contributed by atoms with Crippen molar-refractivity contribution in [2.75, 3.05) is 17.2 Å². The van der Waals surface area contributed by atoms with Gasteiger partial charge in [-0.2, -0.15) is 0 Å². The van der Waals surface area contributed by atoms with Gasteiger partial charge in [0.2, 0.25) is 0 Å². The number of rotatable bonds is 7. The van der Waals surface area contributed by atoms with E-state index in [0.717, 1.165) is 16.9 Å². The smallest absolute Gasteiger partial charge is 0.257 e. The fraction of sp³-hybridized carbons (Fsp3) is 0.231. The molecule has 2 N–H and O–H groups in total. The summed E-state index contributed by atoms with van der Waals surface area (Å²) in [5, 5.41) is 5.75. The predicted octanol–water partition coefficient (Wildman–Crippen LogP) is 5.84. The van der Waals surface area contributed by atoms with Crippen molar-refractivity contribution in [2.24, 2.45) is 5.92 Å². The standard InChI is InChI=1S/C26H28N2O3/c1-17(2)16-31-22-13-10-20(11-14-22)25(29)28-24-8-6-5-7-23(24)26(30)27-21-12-9-18(3)19(4)15-21/h5-15,17H,16H2,1-4H3,(H,27,30)(H,28,29). The van der Waals surface area contributed by atoms with Gasteiger partial charge in [0.25, 0.3) is 11.8 Å². The van der Waals surface area contributed by atoms with Gasteiger partial charge >= 0.3 is 0 Å². The first-order chi connectivity index (χ1) is 14.8. The molecule has 0 aromatic heterocycles. The number of amides is 2. The highest BCUT2D eigenvalue weighted by Gasteiger charge is 2.15. The van der Waals surface area contributed by atoms with E-state index in [1.807, 2.05) is 32.0 Å². The average Bonchev–Trinajstić information content (AvgIpc) is 2.75. The highest BCUT2D eigenvalue weighted by molar-refractivity contribution is 6.12. The molecule has 0 bridgehead atoms. The lowest BCUT2D eigenvalue weighted by Gasteiger charge is -2.13. The number of carbonyl (C=O) groups is 2. The van der Waals surface area contributed by atoms with Crippen LogP contribution in [0.25, 0.3) is 0 Å². The molecule has 3 rings (SSSR count). The minimum absolute atomic E-state index is 0.281. The third kappa shape index (κ3) is 5.95. The van der Waals surface area contributed by atoms with Crippen LogP contribution in [0.3, 0.4) is 0 Å². The van der Waals surface area contributed by atoms with E-state index in [1.165, 1.54) is 0 Å². The molecule has 0 spiro atoms. The maximum atomic E-state index is 12.8. The zero-order valence-corrected chi connectivity index (χ0v) is 18.4. The summed E-state index contributed by atoms with van der Waals surface area (Å²) < 4.78 is 5.66. The second-order valence-electron chi connectivity index (χ2n) is 7.98. The molecular weight excluding hydrogens is 388 g/mol. The van der Waals surface area contributed by atoms with Crippen molar-refractivity contribution in [3.05, 3.63) is 89.0 Å². The minimum atomic E-state index is -0.290. The van der Waals surface area contributed by atoms with Crippen LogP contribution >= 0.6 is 0 Å². The molecule has 0 fully saturated rings. The van der Waals surface area contributed by atoms with Gasteiger partial charge in [0.1, 0.15) is 5.75 Å². The lowest BCUT2D eigenvalue weighted by Crippen LogP contribution is -2.18. The number of ether oxygens (including phenoxy) is 1. The quantitative estimate of drug-likeness (QED) is 0.508. The van der Waals surface area contributed by atoms with Gasteiger partial charge < -0.3 is 15.4 Å². The van der Waals surface area contributed by atoms with E-state index in [9.17, 15) is 9.59 Å². The van der Waals surface area contributed by atoms with Crippen LogP contribution in [0.15, 0.2) is 66.7 Å². The summed E-state index contributed by atoms with van der Waals surface area (Å²) in [4.78, 5) is 25.6. The normalized spacial score (nSPS) is 10.6. The van der Waals surface area contributed by atoms with E-state index in [-0.39, 0.29) is 11.8 Å². The molecule has 0 heterocycles. The molecular formula is C26H28N2O3. The fourth-order valence-corrected chi connectivity index (χ4v) is 2.97. The third-order valence-electron chi connectivity index (χ3n) is 4.88. The Bertz CT molecular complexity index is 1070. The van der Waals surface area contributed by atoms with Crippen LogP contribution < -0.4 is 15.4 Å². The molecule has 3 aromatic carbocycles. The Hall–Kier alpha value is -3.60. The molecule has 0 aliphatic carbocycles. The minimum Gasteiger partial charge on any atom is -0.493 e. The molecule has 160 valence electrons. The Morgan fingerprint density at radius 3 is 2.23 bits per heavy atom. The Balaban J connectivity index is 1.71. The number of nitrogens with one attached hydrogen (secondary N) is 2. The summed E-state index contributed by atoms with van der Waals surface area (Å²) in [6, 6.07) is 19.7. The van der Waals surface area contributed by atoms with Crippen molar-refractivity contribution in [2.45, 2.75) is 27.7 Å². The Morgan fingerprint density at radius 2 is 1.55 bits per heavy atom. The summed E-state index contributed by atoms with van der Waals surface area (Å²) in [6.45, 7) is 8.80. The van der Waals surface area contributed by atoms with Crippen LogP contribution in [-0.2, 0) is 0 Å². The molecule has 5 heteroatoms. The van der Waals surface area contributed by atoms with Crippen LogP contribution in [-0.4, -0.2) is 18.4 Å². The van der Waals surface area contributed by atoms with E-state index in [4.69, 9.17) is 4.74 Å². The lowest BCUT2D eigenvalue weighted by atomic mass is 10.1. The molecule has 2 amide bonds. The number of anilines is 2. The van der Waals surface area contributed by atoms with Gasteiger partial charge in [-0.3, -0.25) is 9.59 Å². The topological polar surface area (TPSA) is 67.4 Å². The van der Waals surface area contributed by atoms with E-state index in [2.05, 4.69) is 24.5 Å². The van der Waals surface area contributed by atoms with Gasteiger partial charge in [-0.15, -0.1) is 0 Å². The summed E-state index contributed by atoms with van der Waals surface area (Å²) in [6.07, 6.45) is 0. The van der Waals surface area contributed by atoms with Gasteiger partial charge in [-0.05, 0) is 79.4 Å². The zero-order valence-electron chi connectivity index (χ0n) is 18.4. The Labute approximate surface area is 183 Å². The first kappa shape index (κ1) is 22.1. The first-order valence-corrected chi connectivity index (χ1v) is 10.4. The van der Waals surface area contributed by atoms with Crippen LogP contribution in [0.2, 0.25) is 0 Å². The molecule has 0 saturated heterocycles. The number of para-hydroxylation sites is 1. The lowest BCUT2D eigenvalue weighted by molar-refractivity contribution is 0.102. The first-order valence-electron chi connectivity index (χ1n) is 10.4. The molecule has 0 aliphatic rings. The number of aryl methyl sites for hydroxylation is 2. The fourth-order valence-electron chi connectivity index (χ4n) is 2.97. The third-order valence-corrected chi connectivity index (χ3v) is 4.88. The molecule has 0 unspecified atom stereocenters. The van der Waals surface area contributed by atoms with Crippen LogP contribution in [0.4, 0.5) is 11.4 Å². The highest BCUT2D eigenvalue weighted by Crippen LogP contribution is 2.21. The van der Waals surface area contributed by atoms with Crippen LogP contribution in [0, 0.1) is 19.8 Å². The number of hydrogen-bond donors (Lipinski definition) is 2. The summed E-state index contributed by atoms with van der Waals surface area (Å²) in [5.74, 6) is 0.575. The van der Waals surface area contributed by atoms with E-state index in [0.29, 0.717) is 35.0 Å². The number of carbonyl (C=O) groups excluding carboxylic acids is 2. The number of benzene rings is 3. The van der Waals surface area contributed by atoms with Crippen LogP contribution in [0.1, 0.15) is 45.7 Å². The highest BCUT2D eigenvalue weighted by atomic mass is 16.5. The Kier molecular flexibility index (Phi) is 7.08. The van der Waals surface area contributed by atoms with Crippen molar-refractivity contribution < 1.29 is 14.3 Å². The second-order valence-corrected chi connectivity index (χ2v) is 7.98. The molecule has 0 aliphatic heterocycles. The molecule has 0 radical (unpaired) electrons. The second kappa shape index (κ2) is 9.94. The monoisotopic (exact) mass is 416 g/mol. The maximum Gasteiger partial charge on any atom is 0.257 e. The zero-order chi connectivity index (χ0) is 22.4. The van der Waals surface area contributed by atoms with Crippen LogP contribution in [0.5, 0.6) is 5.75 Å². The van der Waals surface area contributed by atoms with Crippen molar-refractivity contribution in [1.82, 2.24) is 0 Å². The molecule has 5 nitrogen and oxygen atoms in total. The van der Waals surface area contributed by atoms with Gasteiger partial charge in [0.15, 0.2) is 0 Å². The van der Waals surface area contributed by atoms with Gasteiger partial charge in [0.05, 0.1) is 17.9 Å². The predicted molar refractivity (Wildman–Crippen MR) is 125 cm³/mol. The average molecular weight is 417 g/mol. The molecule has 0 atom stereocenters. The molecule has 3 aromatic rings. The maximum absolute atomic E-state index is 12.8.